The molecule has 3 nitrogen and oxygen atoms in total. The summed E-state index contributed by atoms with van der Waals surface area (Å²) in [6.07, 6.45) is 4.57. The second-order valence-corrected chi connectivity index (χ2v) is 4.99. The quantitative estimate of drug-likeness (QED) is 0.885. The number of hydrogen-bond acceptors (Lipinski definition) is 3. The molecule has 1 aromatic rings. The van der Waals surface area contributed by atoms with Gasteiger partial charge in [0.2, 0.25) is 0 Å². The normalized spacial score (nSPS) is 33.2. The van der Waals surface area contributed by atoms with E-state index in [2.05, 4.69) is 11.9 Å². The Bertz CT molecular complexity index is 385. The molecule has 4 heteroatoms. The van der Waals surface area contributed by atoms with Gasteiger partial charge in [0.05, 0.1) is 17.3 Å². The van der Waals surface area contributed by atoms with E-state index in [9.17, 15) is 5.11 Å². The fourth-order valence-corrected chi connectivity index (χ4v) is 2.23. The molecule has 0 amide bonds. The summed E-state index contributed by atoms with van der Waals surface area (Å²) in [5.74, 6) is 0.670. The van der Waals surface area contributed by atoms with Crippen LogP contribution >= 0.6 is 11.6 Å². The number of hydrogen-bond donors (Lipinski definition) is 1. The molecule has 1 fully saturated rings. The lowest BCUT2D eigenvalue weighted by Gasteiger charge is -2.50. The predicted octanol–water partition coefficient (Wildman–Crippen LogP) is 2.66. The summed E-state index contributed by atoms with van der Waals surface area (Å²) >= 11 is 5.83. The Morgan fingerprint density at radius 1 is 1.62 bits per heavy atom. The van der Waals surface area contributed by atoms with E-state index in [0.717, 1.165) is 6.42 Å². The minimum Gasteiger partial charge on any atom is -0.488 e. The van der Waals surface area contributed by atoms with Crippen LogP contribution < -0.4 is 4.74 Å². The highest BCUT2D eigenvalue weighted by Gasteiger charge is 2.51. The lowest BCUT2D eigenvalue weighted by Crippen LogP contribution is -2.57. The highest BCUT2D eigenvalue weighted by Crippen LogP contribution is 2.45. The van der Waals surface area contributed by atoms with E-state index in [-0.39, 0.29) is 17.6 Å². The molecular formula is C12H16ClNO2. The van der Waals surface area contributed by atoms with Crippen LogP contribution in [0.4, 0.5) is 0 Å². The fraction of sp³-hybridized carbons (Fsp3) is 0.583. The van der Waals surface area contributed by atoms with E-state index in [1.807, 2.05) is 6.92 Å². The zero-order valence-electron chi connectivity index (χ0n) is 9.48. The molecule has 1 aromatic heterocycles. The van der Waals surface area contributed by atoms with Gasteiger partial charge in [-0.15, -0.1) is 0 Å². The highest BCUT2D eigenvalue weighted by atomic mass is 35.5. The van der Waals surface area contributed by atoms with Crippen molar-refractivity contribution >= 4 is 11.6 Å². The Balaban J connectivity index is 2.06. The van der Waals surface area contributed by atoms with Crippen LogP contribution in [-0.4, -0.2) is 22.3 Å². The second kappa shape index (κ2) is 4.22. The van der Waals surface area contributed by atoms with Crippen LogP contribution in [-0.2, 0) is 0 Å². The highest BCUT2D eigenvalue weighted by molar-refractivity contribution is 6.30. The Morgan fingerprint density at radius 2 is 2.38 bits per heavy atom. The van der Waals surface area contributed by atoms with Crippen molar-refractivity contribution in [3.63, 3.8) is 0 Å². The van der Waals surface area contributed by atoms with Gasteiger partial charge >= 0.3 is 0 Å². The standard InChI is InChI=1S/C12H16ClNO2/c1-3-12(2)10(15)5-11(12)16-9-4-8(13)6-14-7-9/h4,6-7,10-11,15H,3,5H2,1-2H3. The summed E-state index contributed by atoms with van der Waals surface area (Å²) < 4.78 is 5.80. The van der Waals surface area contributed by atoms with Crippen molar-refractivity contribution in [1.29, 1.82) is 0 Å². The molecule has 0 bridgehead atoms. The Kier molecular flexibility index (Phi) is 3.08. The third-order valence-corrected chi connectivity index (χ3v) is 3.86. The Morgan fingerprint density at radius 3 is 2.94 bits per heavy atom. The van der Waals surface area contributed by atoms with Crippen LogP contribution in [0.15, 0.2) is 18.5 Å². The van der Waals surface area contributed by atoms with Crippen molar-refractivity contribution in [1.82, 2.24) is 4.98 Å². The minimum absolute atomic E-state index is 0.0489. The summed E-state index contributed by atoms with van der Waals surface area (Å²) in [7, 11) is 0. The maximum Gasteiger partial charge on any atom is 0.139 e. The Labute approximate surface area is 100 Å². The average molecular weight is 242 g/mol. The molecule has 0 spiro atoms. The van der Waals surface area contributed by atoms with E-state index in [0.29, 0.717) is 17.2 Å². The molecule has 1 heterocycles. The van der Waals surface area contributed by atoms with E-state index in [4.69, 9.17) is 16.3 Å². The maximum absolute atomic E-state index is 9.75. The molecule has 2 rings (SSSR count). The molecule has 1 saturated carbocycles. The van der Waals surface area contributed by atoms with E-state index in [1.165, 1.54) is 0 Å². The van der Waals surface area contributed by atoms with Crippen molar-refractivity contribution in [3.05, 3.63) is 23.5 Å². The van der Waals surface area contributed by atoms with Gasteiger partial charge in [0.25, 0.3) is 0 Å². The summed E-state index contributed by atoms with van der Waals surface area (Å²) in [6, 6.07) is 1.75. The first kappa shape index (κ1) is 11.7. The van der Waals surface area contributed by atoms with E-state index < -0.39 is 0 Å². The number of rotatable bonds is 3. The molecule has 1 aliphatic carbocycles. The number of ether oxygens (including phenoxy) is 1. The number of pyridine rings is 1. The molecular weight excluding hydrogens is 226 g/mol. The van der Waals surface area contributed by atoms with Crippen molar-refractivity contribution in [2.24, 2.45) is 5.41 Å². The third-order valence-electron chi connectivity index (χ3n) is 3.65. The van der Waals surface area contributed by atoms with Gasteiger partial charge in [-0.2, -0.15) is 0 Å². The monoisotopic (exact) mass is 241 g/mol. The third kappa shape index (κ3) is 1.89. The van der Waals surface area contributed by atoms with E-state index >= 15 is 0 Å². The first-order valence-corrected chi connectivity index (χ1v) is 5.89. The van der Waals surface area contributed by atoms with Gasteiger partial charge in [0.15, 0.2) is 0 Å². The van der Waals surface area contributed by atoms with Crippen molar-refractivity contribution in [3.8, 4) is 5.75 Å². The van der Waals surface area contributed by atoms with Gasteiger partial charge in [-0.3, -0.25) is 4.98 Å². The smallest absolute Gasteiger partial charge is 0.139 e. The van der Waals surface area contributed by atoms with Gasteiger partial charge in [0.1, 0.15) is 11.9 Å². The van der Waals surface area contributed by atoms with Crippen LogP contribution in [0, 0.1) is 5.41 Å². The predicted molar refractivity (Wildman–Crippen MR) is 62.7 cm³/mol. The van der Waals surface area contributed by atoms with Crippen molar-refractivity contribution in [2.75, 3.05) is 0 Å². The summed E-state index contributed by atoms with van der Waals surface area (Å²) in [4.78, 5) is 3.97. The van der Waals surface area contributed by atoms with Gasteiger partial charge < -0.3 is 9.84 Å². The van der Waals surface area contributed by atoms with Crippen LogP contribution in [0.2, 0.25) is 5.02 Å². The number of aromatic nitrogens is 1. The number of nitrogens with zero attached hydrogens (tertiary/aromatic N) is 1. The molecule has 88 valence electrons. The largest absolute Gasteiger partial charge is 0.488 e. The topological polar surface area (TPSA) is 42.4 Å². The molecule has 0 aliphatic heterocycles. The van der Waals surface area contributed by atoms with Gasteiger partial charge in [-0.25, -0.2) is 0 Å². The van der Waals surface area contributed by atoms with Crippen LogP contribution in [0.5, 0.6) is 5.75 Å². The molecule has 3 atom stereocenters. The second-order valence-electron chi connectivity index (χ2n) is 4.56. The van der Waals surface area contributed by atoms with Gasteiger partial charge in [-0.05, 0) is 6.42 Å². The molecule has 16 heavy (non-hydrogen) atoms. The molecule has 0 aromatic carbocycles. The lowest BCUT2D eigenvalue weighted by molar-refractivity contribution is -0.147. The molecule has 1 aliphatic rings. The minimum atomic E-state index is -0.269. The van der Waals surface area contributed by atoms with Crippen LogP contribution in [0.25, 0.3) is 0 Å². The summed E-state index contributed by atoms with van der Waals surface area (Å²) in [5.41, 5.74) is -0.150. The first-order valence-electron chi connectivity index (χ1n) is 5.51. The van der Waals surface area contributed by atoms with Crippen LogP contribution in [0.3, 0.4) is 0 Å². The van der Waals surface area contributed by atoms with Crippen molar-refractivity contribution < 1.29 is 9.84 Å². The fourth-order valence-electron chi connectivity index (χ4n) is 2.06. The number of aliphatic hydroxyl groups excluding tert-OH is 1. The summed E-state index contributed by atoms with van der Waals surface area (Å²) in [5, 5.41) is 10.3. The van der Waals surface area contributed by atoms with Crippen molar-refractivity contribution in [2.45, 2.75) is 38.9 Å². The van der Waals surface area contributed by atoms with Crippen LogP contribution in [0.1, 0.15) is 26.7 Å². The zero-order chi connectivity index (χ0) is 11.8. The first-order chi connectivity index (χ1) is 7.56. The lowest BCUT2D eigenvalue weighted by atomic mass is 9.63. The molecule has 0 saturated heterocycles. The zero-order valence-corrected chi connectivity index (χ0v) is 10.2. The number of halogens is 1. The summed E-state index contributed by atoms with van der Waals surface area (Å²) in [6.45, 7) is 4.11. The molecule has 3 unspecified atom stereocenters. The van der Waals surface area contributed by atoms with E-state index in [1.54, 1.807) is 18.5 Å². The Hall–Kier alpha value is -0.800. The van der Waals surface area contributed by atoms with Gasteiger partial charge in [0, 0.05) is 24.1 Å². The average Bonchev–Trinajstić information content (AvgIpc) is 2.27. The SMILES string of the molecule is CCC1(C)C(O)CC1Oc1cncc(Cl)c1. The maximum atomic E-state index is 9.75. The molecule has 1 N–H and O–H groups in total. The number of aliphatic hydroxyl groups is 1. The molecule has 0 radical (unpaired) electrons. The van der Waals surface area contributed by atoms with Gasteiger partial charge in [-0.1, -0.05) is 25.4 Å².